The Hall–Kier alpha value is -1.51. The standard InChI is InChI=1S/C10H10O3/c11-6-1-2-7-8(5-6)10(13)4-3-9(7)12/h3-4,12-13H,1-2,5H2. The Bertz CT molecular complexity index is 369. The van der Waals surface area contributed by atoms with E-state index in [1.165, 1.54) is 12.1 Å². The molecule has 13 heavy (non-hydrogen) atoms. The van der Waals surface area contributed by atoms with Gasteiger partial charge in [-0.2, -0.15) is 0 Å². The molecule has 0 amide bonds. The van der Waals surface area contributed by atoms with Gasteiger partial charge in [-0.3, -0.25) is 4.79 Å². The number of fused-ring (bicyclic) bond motifs is 1. The lowest BCUT2D eigenvalue weighted by Crippen LogP contribution is -2.13. The van der Waals surface area contributed by atoms with Gasteiger partial charge in [0.2, 0.25) is 0 Å². The highest BCUT2D eigenvalue weighted by atomic mass is 16.3. The topological polar surface area (TPSA) is 57.5 Å². The number of ketones is 1. The highest BCUT2D eigenvalue weighted by Crippen LogP contribution is 2.33. The molecule has 1 aliphatic carbocycles. The molecule has 0 aliphatic heterocycles. The fourth-order valence-corrected chi connectivity index (χ4v) is 1.69. The summed E-state index contributed by atoms with van der Waals surface area (Å²) < 4.78 is 0. The zero-order chi connectivity index (χ0) is 9.42. The van der Waals surface area contributed by atoms with E-state index in [1.54, 1.807) is 0 Å². The van der Waals surface area contributed by atoms with Crippen LogP contribution < -0.4 is 0 Å². The van der Waals surface area contributed by atoms with Gasteiger partial charge in [0, 0.05) is 24.0 Å². The van der Waals surface area contributed by atoms with E-state index in [-0.39, 0.29) is 23.7 Å². The molecule has 0 radical (unpaired) electrons. The molecule has 0 unspecified atom stereocenters. The Balaban J connectivity index is 2.57. The molecule has 0 saturated heterocycles. The Morgan fingerprint density at radius 2 is 1.62 bits per heavy atom. The summed E-state index contributed by atoms with van der Waals surface area (Å²) in [6.45, 7) is 0. The van der Waals surface area contributed by atoms with E-state index < -0.39 is 0 Å². The fourth-order valence-electron chi connectivity index (χ4n) is 1.69. The number of phenolic OH excluding ortho intramolecular Hbond substituents is 2. The van der Waals surface area contributed by atoms with Crippen LogP contribution in [0.5, 0.6) is 11.5 Å². The van der Waals surface area contributed by atoms with Crippen molar-refractivity contribution in [3.63, 3.8) is 0 Å². The third-order valence-electron chi connectivity index (χ3n) is 2.41. The van der Waals surface area contributed by atoms with Gasteiger partial charge in [-0.05, 0) is 18.6 Å². The maximum atomic E-state index is 11.1. The molecule has 68 valence electrons. The maximum Gasteiger partial charge on any atom is 0.137 e. The summed E-state index contributed by atoms with van der Waals surface area (Å²) in [5, 5.41) is 18.9. The second-order valence-electron chi connectivity index (χ2n) is 3.28. The van der Waals surface area contributed by atoms with Crippen LogP contribution in [-0.4, -0.2) is 16.0 Å². The minimum atomic E-state index is 0.112. The molecular weight excluding hydrogens is 168 g/mol. The van der Waals surface area contributed by atoms with Crippen LogP contribution in [0.2, 0.25) is 0 Å². The van der Waals surface area contributed by atoms with E-state index >= 15 is 0 Å². The summed E-state index contributed by atoms with van der Waals surface area (Å²) >= 11 is 0. The number of benzene rings is 1. The quantitative estimate of drug-likeness (QED) is 0.586. The van der Waals surface area contributed by atoms with Gasteiger partial charge >= 0.3 is 0 Å². The van der Waals surface area contributed by atoms with Gasteiger partial charge < -0.3 is 10.2 Å². The third kappa shape index (κ3) is 1.26. The van der Waals surface area contributed by atoms with Gasteiger partial charge in [-0.1, -0.05) is 0 Å². The number of aromatic hydroxyl groups is 2. The highest BCUT2D eigenvalue weighted by molar-refractivity contribution is 5.84. The van der Waals surface area contributed by atoms with Crippen LogP contribution in [-0.2, 0) is 17.6 Å². The van der Waals surface area contributed by atoms with Gasteiger partial charge in [0.25, 0.3) is 0 Å². The average molecular weight is 178 g/mol. The van der Waals surface area contributed by atoms with Crippen LogP contribution in [0.15, 0.2) is 12.1 Å². The molecule has 0 saturated carbocycles. The third-order valence-corrected chi connectivity index (χ3v) is 2.41. The molecule has 0 spiro atoms. The minimum Gasteiger partial charge on any atom is -0.508 e. The Kier molecular flexibility index (Phi) is 1.72. The first-order chi connectivity index (χ1) is 6.18. The fraction of sp³-hybridized carbons (Fsp3) is 0.300. The highest BCUT2D eigenvalue weighted by Gasteiger charge is 2.20. The number of carbonyl (C=O) groups excluding carboxylic acids is 1. The molecule has 3 heteroatoms. The van der Waals surface area contributed by atoms with Crippen LogP contribution in [0, 0.1) is 0 Å². The molecule has 1 aliphatic rings. The lowest BCUT2D eigenvalue weighted by atomic mass is 9.89. The predicted octanol–water partition coefficient (Wildman–Crippen LogP) is 1.16. The second kappa shape index (κ2) is 2.76. The smallest absolute Gasteiger partial charge is 0.137 e. The first kappa shape index (κ1) is 8.10. The van der Waals surface area contributed by atoms with Crippen LogP contribution in [0.3, 0.4) is 0 Å². The molecule has 3 nitrogen and oxygen atoms in total. The van der Waals surface area contributed by atoms with E-state index in [2.05, 4.69) is 0 Å². The van der Waals surface area contributed by atoms with Crippen LogP contribution in [0.4, 0.5) is 0 Å². The molecule has 0 aromatic heterocycles. The number of phenols is 2. The van der Waals surface area contributed by atoms with Gasteiger partial charge in [0.05, 0.1) is 0 Å². The van der Waals surface area contributed by atoms with Crippen molar-refractivity contribution in [2.45, 2.75) is 19.3 Å². The average Bonchev–Trinajstić information content (AvgIpc) is 2.12. The van der Waals surface area contributed by atoms with Crippen LogP contribution in [0.25, 0.3) is 0 Å². The second-order valence-corrected chi connectivity index (χ2v) is 3.28. The number of Topliss-reactive ketones (excluding diaryl/α,β-unsaturated/α-hetero) is 1. The normalized spacial score (nSPS) is 15.5. The summed E-state index contributed by atoms with van der Waals surface area (Å²) in [7, 11) is 0. The zero-order valence-corrected chi connectivity index (χ0v) is 7.08. The lowest BCUT2D eigenvalue weighted by molar-refractivity contribution is -0.118. The molecule has 0 fully saturated rings. The van der Waals surface area contributed by atoms with Crippen molar-refractivity contribution in [2.75, 3.05) is 0 Å². The Labute approximate surface area is 75.6 Å². The van der Waals surface area contributed by atoms with Crippen molar-refractivity contribution in [3.8, 4) is 11.5 Å². The van der Waals surface area contributed by atoms with E-state index in [0.717, 1.165) is 5.56 Å². The number of carbonyl (C=O) groups is 1. The van der Waals surface area contributed by atoms with E-state index in [4.69, 9.17) is 0 Å². The van der Waals surface area contributed by atoms with Gasteiger partial charge in [0.15, 0.2) is 0 Å². The molecule has 1 aromatic carbocycles. The number of hydrogen-bond acceptors (Lipinski definition) is 3. The van der Waals surface area contributed by atoms with Crippen LogP contribution in [0.1, 0.15) is 17.5 Å². The van der Waals surface area contributed by atoms with Gasteiger partial charge in [-0.15, -0.1) is 0 Å². The van der Waals surface area contributed by atoms with Gasteiger partial charge in [0.1, 0.15) is 17.3 Å². The summed E-state index contributed by atoms with van der Waals surface area (Å²) in [6, 6.07) is 2.89. The molecular formula is C10H10O3. The summed E-state index contributed by atoms with van der Waals surface area (Å²) in [5.41, 5.74) is 1.32. The predicted molar refractivity (Wildman–Crippen MR) is 46.8 cm³/mol. The van der Waals surface area contributed by atoms with E-state index in [1.807, 2.05) is 0 Å². The Morgan fingerprint density at radius 3 is 2.31 bits per heavy atom. The van der Waals surface area contributed by atoms with E-state index in [9.17, 15) is 15.0 Å². The van der Waals surface area contributed by atoms with Crippen molar-refractivity contribution >= 4 is 5.78 Å². The Morgan fingerprint density at radius 1 is 1.00 bits per heavy atom. The van der Waals surface area contributed by atoms with Gasteiger partial charge in [-0.25, -0.2) is 0 Å². The van der Waals surface area contributed by atoms with Crippen LogP contribution >= 0.6 is 0 Å². The minimum absolute atomic E-state index is 0.112. The zero-order valence-electron chi connectivity index (χ0n) is 7.08. The SMILES string of the molecule is O=C1CCc2c(O)ccc(O)c2C1. The summed E-state index contributed by atoms with van der Waals surface area (Å²) in [5.74, 6) is 0.412. The molecule has 2 N–H and O–H groups in total. The monoisotopic (exact) mass is 178 g/mol. The molecule has 0 bridgehead atoms. The first-order valence-electron chi connectivity index (χ1n) is 4.23. The van der Waals surface area contributed by atoms with Crippen molar-refractivity contribution in [3.05, 3.63) is 23.3 Å². The van der Waals surface area contributed by atoms with Crippen molar-refractivity contribution in [2.24, 2.45) is 0 Å². The molecule has 0 heterocycles. The van der Waals surface area contributed by atoms with Crippen molar-refractivity contribution in [1.82, 2.24) is 0 Å². The summed E-state index contributed by atoms with van der Waals surface area (Å²) in [6.07, 6.45) is 1.24. The van der Waals surface area contributed by atoms with Crippen molar-refractivity contribution in [1.29, 1.82) is 0 Å². The van der Waals surface area contributed by atoms with Crippen molar-refractivity contribution < 1.29 is 15.0 Å². The number of rotatable bonds is 0. The largest absolute Gasteiger partial charge is 0.508 e. The number of hydrogen-bond donors (Lipinski definition) is 2. The molecule has 0 atom stereocenters. The lowest BCUT2D eigenvalue weighted by Gasteiger charge is -2.16. The van der Waals surface area contributed by atoms with E-state index in [0.29, 0.717) is 18.4 Å². The molecule has 1 aromatic rings. The first-order valence-corrected chi connectivity index (χ1v) is 4.23. The maximum absolute atomic E-state index is 11.1. The summed E-state index contributed by atoms with van der Waals surface area (Å²) in [4.78, 5) is 11.1. The molecule has 2 rings (SSSR count).